The molecule has 0 atom stereocenters. The number of imidazole rings is 1. The van der Waals surface area contributed by atoms with E-state index >= 15 is 0 Å². The average Bonchev–Trinajstić information content (AvgIpc) is 3.31. The molecule has 170 valence electrons. The molecule has 8 heteroatoms. The van der Waals surface area contributed by atoms with Crippen LogP contribution in [0.15, 0.2) is 42.7 Å². The van der Waals surface area contributed by atoms with Crippen molar-refractivity contribution < 1.29 is 4.79 Å². The molecule has 0 saturated carbocycles. The van der Waals surface area contributed by atoms with Crippen molar-refractivity contribution in [2.75, 3.05) is 26.2 Å². The normalized spacial score (nSPS) is 14.8. The molecular weight excluding hydrogens is 414 g/mol. The number of aryl methyl sites for hydroxylation is 4. The highest BCUT2D eigenvalue weighted by atomic mass is 16.2. The van der Waals surface area contributed by atoms with Gasteiger partial charge in [-0.25, -0.2) is 14.6 Å². The number of carbonyl (C=O) groups excluding carboxylic acids is 1. The third-order valence-corrected chi connectivity index (χ3v) is 6.34. The predicted octanol–water partition coefficient (Wildman–Crippen LogP) is 3.11. The number of aromatic nitrogens is 5. The van der Waals surface area contributed by atoms with E-state index in [1.165, 1.54) is 11.3 Å². The minimum Gasteiger partial charge on any atom is -0.336 e. The second-order valence-electron chi connectivity index (χ2n) is 8.89. The van der Waals surface area contributed by atoms with Gasteiger partial charge in [-0.15, -0.1) is 0 Å². The molecule has 1 fully saturated rings. The first-order chi connectivity index (χ1) is 15.9. The second kappa shape index (κ2) is 8.44. The van der Waals surface area contributed by atoms with E-state index in [1.54, 1.807) is 10.9 Å². The molecule has 1 aliphatic rings. The van der Waals surface area contributed by atoms with E-state index < -0.39 is 0 Å². The molecule has 5 rings (SSSR count). The number of rotatable bonds is 4. The van der Waals surface area contributed by atoms with E-state index in [1.807, 2.05) is 36.9 Å². The summed E-state index contributed by atoms with van der Waals surface area (Å²) in [5.41, 5.74) is 7.06. The molecule has 0 aromatic carbocycles. The lowest BCUT2D eigenvalue weighted by atomic mass is 10.2. The summed E-state index contributed by atoms with van der Waals surface area (Å²) in [4.78, 5) is 26.5. The molecule has 8 nitrogen and oxygen atoms in total. The first-order valence-electron chi connectivity index (χ1n) is 11.3. The fourth-order valence-electron chi connectivity index (χ4n) is 4.51. The van der Waals surface area contributed by atoms with Gasteiger partial charge in [0.2, 0.25) is 0 Å². The predicted molar refractivity (Wildman–Crippen MR) is 127 cm³/mol. The van der Waals surface area contributed by atoms with Crippen LogP contribution in [0.2, 0.25) is 0 Å². The van der Waals surface area contributed by atoms with Crippen molar-refractivity contribution in [3.8, 4) is 5.82 Å². The number of nitrogens with zero attached hydrogens (tertiary/aromatic N) is 7. The van der Waals surface area contributed by atoms with Crippen LogP contribution in [-0.4, -0.2) is 66.0 Å². The van der Waals surface area contributed by atoms with Crippen LogP contribution in [-0.2, 0) is 6.54 Å². The Kier molecular flexibility index (Phi) is 5.46. The summed E-state index contributed by atoms with van der Waals surface area (Å²) in [6.45, 7) is 12.0. The van der Waals surface area contributed by atoms with E-state index in [9.17, 15) is 4.79 Å². The Morgan fingerprint density at radius 1 is 1.00 bits per heavy atom. The monoisotopic (exact) mass is 443 g/mol. The Hall–Kier alpha value is -3.52. The number of hydrogen-bond donors (Lipinski definition) is 0. The molecule has 0 unspecified atom stereocenters. The van der Waals surface area contributed by atoms with Crippen molar-refractivity contribution in [2.24, 2.45) is 0 Å². The lowest BCUT2D eigenvalue weighted by Gasteiger charge is -2.34. The summed E-state index contributed by atoms with van der Waals surface area (Å²) in [5.74, 6) is 0.754. The second-order valence-corrected chi connectivity index (χ2v) is 8.89. The summed E-state index contributed by atoms with van der Waals surface area (Å²) in [6.07, 6.45) is 3.76. The molecule has 1 aliphatic heterocycles. The van der Waals surface area contributed by atoms with Gasteiger partial charge in [0, 0.05) is 50.8 Å². The third-order valence-electron chi connectivity index (χ3n) is 6.34. The van der Waals surface area contributed by atoms with Crippen molar-refractivity contribution in [3.05, 3.63) is 76.6 Å². The zero-order valence-corrected chi connectivity index (χ0v) is 19.6. The molecule has 1 amide bonds. The van der Waals surface area contributed by atoms with E-state index in [0.717, 1.165) is 48.2 Å². The highest BCUT2D eigenvalue weighted by Crippen LogP contribution is 2.18. The zero-order valence-electron chi connectivity index (χ0n) is 19.6. The van der Waals surface area contributed by atoms with E-state index in [0.29, 0.717) is 18.7 Å². The van der Waals surface area contributed by atoms with Crippen LogP contribution in [0, 0.1) is 27.7 Å². The van der Waals surface area contributed by atoms with E-state index in [2.05, 4.69) is 51.6 Å². The molecular formula is C25H29N7O. The zero-order chi connectivity index (χ0) is 23.1. The fraction of sp³-hybridized carbons (Fsp3) is 0.360. The lowest BCUT2D eigenvalue weighted by molar-refractivity contribution is 0.0626. The van der Waals surface area contributed by atoms with Gasteiger partial charge >= 0.3 is 0 Å². The number of hydrogen-bond acceptors (Lipinski definition) is 5. The van der Waals surface area contributed by atoms with Gasteiger partial charge in [-0.3, -0.25) is 9.69 Å². The number of piperazine rings is 1. The standard InChI is InChI=1S/C25H29N7O/c1-17-7-8-31-22(20(4)27-24(31)13-17)16-29-9-11-30(12-10-29)25(33)21-5-6-23(26-15-21)32-19(3)14-18(2)28-32/h5-8,13-15H,9-12,16H2,1-4H3. The molecule has 33 heavy (non-hydrogen) atoms. The highest BCUT2D eigenvalue weighted by molar-refractivity contribution is 5.94. The summed E-state index contributed by atoms with van der Waals surface area (Å²) < 4.78 is 3.97. The van der Waals surface area contributed by atoms with Gasteiger partial charge in [-0.2, -0.15) is 5.10 Å². The largest absolute Gasteiger partial charge is 0.336 e. The van der Waals surface area contributed by atoms with Crippen molar-refractivity contribution in [3.63, 3.8) is 0 Å². The Morgan fingerprint density at radius 2 is 1.79 bits per heavy atom. The van der Waals surface area contributed by atoms with Gasteiger partial charge in [0.1, 0.15) is 5.65 Å². The highest BCUT2D eigenvalue weighted by Gasteiger charge is 2.24. The summed E-state index contributed by atoms with van der Waals surface area (Å²) in [6, 6.07) is 9.94. The van der Waals surface area contributed by atoms with Gasteiger partial charge in [-0.1, -0.05) is 0 Å². The molecule has 0 N–H and O–H groups in total. The van der Waals surface area contributed by atoms with Gasteiger partial charge in [-0.05, 0) is 63.6 Å². The van der Waals surface area contributed by atoms with Crippen LogP contribution in [0.4, 0.5) is 0 Å². The van der Waals surface area contributed by atoms with Crippen molar-refractivity contribution >= 4 is 11.6 Å². The van der Waals surface area contributed by atoms with Gasteiger partial charge < -0.3 is 9.30 Å². The Labute approximate surface area is 193 Å². The Morgan fingerprint density at radius 3 is 2.45 bits per heavy atom. The molecule has 4 aromatic heterocycles. The third kappa shape index (κ3) is 4.14. The quantitative estimate of drug-likeness (QED) is 0.485. The smallest absolute Gasteiger partial charge is 0.255 e. The van der Waals surface area contributed by atoms with E-state index in [4.69, 9.17) is 4.98 Å². The number of amides is 1. The van der Waals surface area contributed by atoms with Crippen molar-refractivity contribution in [2.45, 2.75) is 34.2 Å². The SMILES string of the molecule is Cc1ccn2c(CN3CCN(C(=O)c4ccc(-n5nc(C)cc5C)nc4)CC3)c(C)nc2c1. The topological polar surface area (TPSA) is 71.6 Å². The van der Waals surface area contributed by atoms with Crippen LogP contribution in [0.25, 0.3) is 11.5 Å². The molecule has 0 aliphatic carbocycles. The maximum atomic E-state index is 13.0. The Bertz CT molecular complexity index is 1310. The Balaban J connectivity index is 1.23. The molecule has 5 heterocycles. The number of fused-ring (bicyclic) bond motifs is 1. The fourth-order valence-corrected chi connectivity index (χ4v) is 4.51. The van der Waals surface area contributed by atoms with Gasteiger partial charge in [0.15, 0.2) is 5.82 Å². The summed E-state index contributed by atoms with van der Waals surface area (Å²) in [7, 11) is 0. The maximum absolute atomic E-state index is 13.0. The van der Waals surface area contributed by atoms with Crippen molar-refractivity contribution in [1.29, 1.82) is 0 Å². The number of pyridine rings is 2. The molecule has 0 bridgehead atoms. The maximum Gasteiger partial charge on any atom is 0.255 e. The minimum atomic E-state index is 0.0310. The molecule has 1 saturated heterocycles. The van der Waals surface area contributed by atoms with Crippen LogP contribution >= 0.6 is 0 Å². The van der Waals surface area contributed by atoms with Gasteiger partial charge in [0.05, 0.1) is 22.6 Å². The van der Waals surface area contributed by atoms with Crippen LogP contribution in [0.3, 0.4) is 0 Å². The molecule has 0 radical (unpaired) electrons. The van der Waals surface area contributed by atoms with Gasteiger partial charge in [0.25, 0.3) is 5.91 Å². The average molecular weight is 444 g/mol. The van der Waals surface area contributed by atoms with Crippen LogP contribution < -0.4 is 0 Å². The molecule has 4 aromatic rings. The summed E-state index contributed by atoms with van der Waals surface area (Å²) in [5, 5.41) is 4.46. The first kappa shape index (κ1) is 21.3. The van der Waals surface area contributed by atoms with E-state index in [-0.39, 0.29) is 5.91 Å². The lowest BCUT2D eigenvalue weighted by Crippen LogP contribution is -2.48. The summed E-state index contributed by atoms with van der Waals surface area (Å²) >= 11 is 0. The van der Waals surface area contributed by atoms with Crippen LogP contribution in [0.1, 0.15) is 38.7 Å². The number of carbonyl (C=O) groups is 1. The first-order valence-corrected chi connectivity index (χ1v) is 11.3. The minimum absolute atomic E-state index is 0.0310. The van der Waals surface area contributed by atoms with Crippen molar-refractivity contribution in [1.82, 2.24) is 33.9 Å². The van der Waals surface area contributed by atoms with Crippen LogP contribution in [0.5, 0.6) is 0 Å². The molecule has 0 spiro atoms.